The molecular weight excluding hydrogens is 420 g/mol. The number of ether oxygens (including phenoxy) is 3. The van der Waals surface area contributed by atoms with E-state index in [1.807, 2.05) is 41.0 Å². The summed E-state index contributed by atoms with van der Waals surface area (Å²) in [5, 5.41) is 0. The van der Waals surface area contributed by atoms with Crippen molar-refractivity contribution in [2.75, 3.05) is 19.5 Å². The molecule has 1 aliphatic heterocycles. The molecule has 0 aliphatic carbocycles. The van der Waals surface area contributed by atoms with Gasteiger partial charge < -0.3 is 18.8 Å². The van der Waals surface area contributed by atoms with Crippen LogP contribution in [-0.2, 0) is 28.2 Å². The summed E-state index contributed by atoms with van der Waals surface area (Å²) in [5.74, 6) is 2.15. The van der Waals surface area contributed by atoms with Gasteiger partial charge in [0.15, 0.2) is 5.79 Å². The number of benzene rings is 2. The smallest absolute Gasteiger partial charge is 0.187 e. The molecule has 2 unspecified atom stereocenters. The van der Waals surface area contributed by atoms with Gasteiger partial charge in [-0.15, -0.1) is 0 Å². The van der Waals surface area contributed by atoms with Crippen molar-refractivity contribution in [3.8, 4) is 5.75 Å². The lowest BCUT2D eigenvalue weighted by molar-refractivity contribution is -0.180. The summed E-state index contributed by atoms with van der Waals surface area (Å²) in [6.07, 6.45) is 7.33. The van der Waals surface area contributed by atoms with Crippen LogP contribution in [0.2, 0.25) is 0 Å². The van der Waals surface area contributed by atoms with E-state index in [9.17, 15) is 0 Å². The average molecular weight is 453 g/mol. The van der Waals surface area contributed by atoms with E-state index in [1.54, 1.807) is 13.3 Å². The minimum absolute atomic E-state index is 0.0881. The molecule has 0 radical (unpaired) electrons. The molecule has 2 aromatic carbocycles. The van der Waals surface area contributed by atoms with Gasteiger partial charge in [-0.1, -0.05) is 35.9 Å². The van der Waals surface area contributed by atoms with E-state index in [2.05, 4.69) is 49.2 Å². The van der Waals surface area contributed by atoms with Crippen LogP contribution in [0.4, 0.5) is 0 Å². The van der Waals surface area contributed by atoms with E-state index in [-0.39, 0.29) is 6.10 Å². The molecule has 0 amide bonds. The molecule has 0 N–H and O–H groups in total. The van der Waals surface area contributed by atoms with Crippen LogP contribution in [0.25, 0.3) is 0 Å². The maximum Gasteiger partial charge on any atom is 0.187 e. The number of aromatic nitrogens is 2. The third-order valence-electron chi connectivity index (χ3n) is 5.91. The van der Waals surface area contributed by atoms with Gasteiger partial charge >= 0.3 is 0 Å². The molecule has 3 aromatic rings. The fraction of sp³-hybridized carbons (Fsp3) is 0.423. The van der Waals surface area contributed by atoms with Crippen molar-refractivity contribution in [3.63, 3.8) is 0 Å². The number of hydrogen-bond acceptors (Lipinski definition) is 5. The number of imidazole rings is 1. The lowest BCUT2D eigenvalue weighted by atomic mass is 10.0. The van der Waals surface area contributed by atoms with Crippen LogP contribution in [0.15, 0.2) is 61.2 Å². The van der Waals surface area contributed by atoms with Gasteiger partial charge in [0, 0.05) is 30.3 Å². The van der Waals surface area contributed by atoms with Crippen LogP contribution in [0.5, 0.6) is 5.75 Å². The molecule has 6 heteroatoms. The third-order valence-corrected chi connectivity index (χ3v) is 7.03. The summed E-state index contributed by atoms with van der Waals surface area (Å²) in [4.78, 5) is 4.18. The Balaban J connectivity index is 1.36. The lowest BCUT2D eigenvalue weighted by Gasteiger charge is -2.28. The van der Waals surface area contributed by atoms with Gasteiger partial charge in [0.25, 0.3) is 0 Å². The third kappa shape index (κ3) is 5.94. The molecule has 170 valence electrons. The zero-order valence-electron chi connectivity index (χ0n) is 19.1. The Bertz CT molecular complexity index is 991. The molecule has 0 saturated carbocycles. The molecule has 1 aliphatic rings. The highest BCUT2D eigenvalue weighted by molar-refractivity contribution is 7.98. The van der Waals surface area contributed by atoms with E-state index in [4.69, 9.17) is 14.2 Å². The van der Waals surface area contributed by atoms with Crippen molar-refractivity contribution in [1.29, 1.82) is 0 Å². The van der Waals surface area contributed by atoms with Gasteiger partial charge in [-0.05, 0) is 49.1 Å². The van der Waals surface area contributed by atoms with Crippen LogP contribution in [-0.4, -0.2) is 40.9 Å². The minimum Gasteiger partial charge on any atom is -0.497 e. The van der Waals surface area contributed by atoms with E-state index in [1.165, 1.54) is 22.3 Å². The second-order valence-electron chi connectivity index (χ2n) is 8.49. The number of thioether (sulfide) groups is 1. The monoisotopic (exact) mass is 452 g/mol. The quantitative estimate of drug-likeness (QED) is 0.424. The minimum atomic E-state index is -0.633. The number of hydrogen-bond donors (Lipinski definition) is 0. The van der Waals surface area contributed by atoms with E-state index in [0.29, 0.717) is 13.2 Å². The van der Waals surface area contributed by atoms with Crippen LogP contribution >= 0.6 is 11.8 Å². The Hall–Kier alpha value is -2.28. The average Bonchev–Trinajstić information content (AvgIpc) is 3.45. The summed E-state index contributed by atoms with van der Waals surface area (Å²) >= 11 is 1.91. The number of aryl methyl sites for hydroxylation is 3. The standard InChI is InChI=1S/C26H32N2O3S/c1-20-4-7-23(21(2)14-20)16-32-17-25-15-30-26(31-25,18-28-13-12-27-19-28)11-10-22-5-8-24(29-3)9-6-22/h4-9,12-14,19,25H,10-11,15-18H2,1-3H3. The molecule has 0 bridgehead atoms. The summed E-state index contributed by atoms with van der Waals surface area (Å²) in [6.45, 7) is 5.59. The van der Waals surface area contributed by atoms with E-state index < -0.39 is 5.79 Å². The van der Waals surface area contributed by atoms with Gasteiger partial charge in [0.1, 0.15) is 5.75 Å². The molecule has 1 saturated heterocycles. The van der Waals surface area contributed by atoms with Gasteiger partial charge in [-0.25, -0.2) is 4.98 Å². The molecule has 2 heterocycles. The van der Waals surface area contributed by atoms with Crippen LogP contribution in [0.1, 0.15) is 28.7 Å². The zero-order valence-corrected chi connectivity index (χ0v) is 19.9. The normalized spacial score (nSPS) is 20.5. The van der Waals surface area contributed by atoms with Crippen molar-refractivity contribution in [1.82, 2.24) is 9.55 Å². The maximum absolute atomic E-state index is 6.56. The number of nitrogens with zero attached hydrogens (tertiary/aromatic N) is 2. The van der Waals surface area contributed by atoms with Crippen molar-refractivity contribution < 1.29 is 14.2 Å². The fourth-order valence-electron chi connectivity index (χ4n) is 4.09. The Morgan fingerprint density at radius 2 is 2.03 bits per heavy atom. The number of methoxy groups -OCH3 is 1. The predicted molar refractivity (Wildman–Crippen MR) is 129 cm³/mol. The predicted octanol–water partition coefficient (Wildman–Crippen LogP) is 5.19. The van der Waals surface area contributed by atoms with Crippen LogP contribution in [0.3, 0.4) is 0 Å². The lowest BCUT2D eigenvalue weighted by Crippen LogP contribution is -2.37. The van der Waals surface area contributed by atoms with Crippen molar-refractivity contribution in [3.05, 3.63) is 83.4 Å². The van der Waals surface area contributed by atoms with Gasteiger partial charge in [0.05, 0.1) is 32.7 Å². The van der Waals surface area contributed by atoms with Crippen LogP contribution < -0.4 is 4.74 Å². The van der Waals surface area contributed by atoms with Crippen molar-refractivity contribution >= 4 is 11.8 Å². The van der Waals surface area contributed by atoms with Gasteiger partial charge in [0.2, 0.25) is 0 Å². The molecule has 1 aromatic heterocycles. The van der Waals surface area contributed by atoms with E-state index >= 15 is 0 Å². The summed E-state index contributed by atoms with van der Waals surface area (Å²) in [5.41, 5.74) is 5.30. The summed E-state index contributed by atoms with van der Waals surface area (Å²) in [6, 6.07) is 14.9. The molecule has 5 nitrogen and oxygen atoms in total. The highest BCUT2D eigenvalue weighted by Gasteiger charge is 2.41. The first kappa shape index (κ1) is 22.9. The van der Waals surface area contributed by atoms with Crippen molar-refractivity contribution in [2.45, 2.75) is 50.9 Å². The summed E-state index contributed by atoms with van der Waals surface area (Å²) < 4.78 is 20.2. The SMILES string of the molecule is COc1ccc(CCC2(Cn3ccnc3)OCC(CSCc3ccc(C)cc3C)O2)cc1. The maximum atomic E-state index is 6.56. The first-order valence-electron chi connectivity index (χ1n) is 11.1. The largest absolute Gasteiger partial charge is 0.497 e. The Labute approximate surface area is 195 Å². The summed E-state index contributed by atoms with van der Waals surface area (Å²) in [7, 11) is 1.69. The second kappa shape index (κ2) is 10.6. The molecule has 0 spiro atoms. The molecular formula is C26H32N2O3S. The number of rotatable bonds is 10. The first-order chi connectivity index (χ1) is 15.5. The van der Waals surface area contributed by atoms with Crippen molar-refractivity contribution in [2.24, 2.45) is 0 Å². The highest BCUT2D eigenvalue weighted by Crippen LogP contribution is 2.33. The Morgan fingerprint density at radius 1 is 1.19 bits per heavy atom. The molecule has 32 heavy (non-hydrogen) atoms. The van der Waals surface area contributed by atoms with E-state index in [0.717, 1.165) is 30.1 Å². The van der Waals surface area contributed by atoms with Gasteiger partial charge in [-0.2, -0.15) is 11.8 Å². The molecule has 1 fully saturated rings. The Kier molecular flexibility index (Phi) is 7.55. The molecule has 4 rings (SSSR count). The van der Waals surface area contributed by atoms with Gasteiger partial charge in [-0.3, -0.25) is 0 Å². The Morgan fingerprint density at radius 3 is 2.75 bits per heavy atom. The topological polar surface area (TPSA) is 45.5 Å². The highest BCUT2D eigenvalue weighted by atomic mass is 32.2. The first-order valence-corrected chi connectivity index (χ1v) is 12.2. The zero-order chi connectivity index (χ0) is 22.4. The van der Waals surface area contributed by atoms with Crippen LogP contribution in [0, 0.1) is 13.8 Å². The fourth-order valence-corrected chi connectivity index (χ4v) is 5.17. The molecule has 2 atom stereocenters. The second-order valence-corrected chi connectivity index (χ2v) is 9.52.